The van der Waals surface area contributed by atoms with E-state index < -0.39 is 11.9 Å². The van der Waals surface area contributed by atoms with E-state index in [1.165, 1.54) is 12.1 Å². The number of ether oxygens (including phenoxy) is 1. The molecule has 1 rings (SSSR count). The lowest BCUT2D eigenvalue weighted by Crippen LogP contribution is -2.18. The largest absolute Gasteiger partial charge is 0.473 e. The molecule has 6 nitrogen and oxygen atoms in total. The van der Waals surface area contributed by atoms with Gasteiger partial charge in [-0.25, -0.2) is 14.0 Å². The average molecular weight is 273 g/mol. The molecule has 1 aromatic carbocycles. The van der Waals surface area contributed by atoms with Crippen LogP contribution in [-0.4, -0.2) is 42.4 Å². The van der Waals surface area contributed by atoms with Crippen molar-refractivity contribution in [2.75, 3.05) is 20.3 Å². The maximum atomic E-state index is 12.5. The molecule has 0 aliphatic heterocycles. The Morgan fingerprint density at radius 2 is 1.74 bits per heavy atom. The van der Waals surface area contributed by atoms with E-state index in [1.54, 1.807) is 19.2 Å². The second kappa shape index (κ2) is 9.98. The summed E-state index contributed by atoms with van der Waals surface area (Å²) in [6.07, 6.45) is 0. The summed E-state index contributed by atoms with van der Waals surface area (Å²) in [5.74, 6) is -3.84. The minimum absolute atomic E-state index is 0.194. The summed E-state index contributed by atoms with van der Waals surface area (Å²) < 4.78 is 17.4. The molecule has 0 spiro atoms. The van der Waals surface area contributed by atoms with Crippen molar-refractivity contribution in [1.82, 2.24) is 5.32 Å². The molecule has 0 fully saturated rings. The lowest BCUT2D eigenvalue weighted by atomic mass is 10.2. The number of halogens is 1. The Hall–Kier alpha value is -1.99. The summed E-state index contributed by atoms with van der Waals surface area (Å²) >= 11 is 0. The molecule has 7 heteroatoms. The van der Waals surface area contributed by atoms with Gasteiger partial charge in [0.1, 0.15) is 5.82 Å². The Morgan fingerprint density at radius 1 is 1.21 bits per heavy atom. The van der Waals surface area contributed by atoms with E-state index >= 15 is 0 Å². The van der Waals surface area contributed by atoms with Gasteiger partial charge in [0.05, 0.1) is 6.61 Å². The van der Waals surface area contributed by atoms with Gasteiger partial charge >= 0.3 is 11.9 Å². The van der Waals surface area contributed by atoms with Crippen molar-refractivity contribution in [1.29, 1.82) is 0 Å². The fourth-order valence-electron chi connectivity index (χ4n) is 1.01. The van der Waals surface area contributed by atoms with E-state index in [1.807, 2.05) is 0 Å². The number of rotatable bonds is 5. The van der Waals surface area contributed by atoms with Crippen LogP contribution in [0.4, 0.5) is 4.39 Å². The van der Waals surface area contributed by atoms with Crippen molar-refractivity contribution < 1.29 is 28.9 Å². The predicted molar refractivity (Wildman–Crippen MR) is 65.3 cm³/mol. The Labute approximate surface area is 109 Å². The van der Waals surface area contributed by atoms with Crippen LogP contribution >= 0.6 is 0 Å². The topological polar surface area (TPSA) is 95.9 Å². The molecule has 3 N–H and O–H groups in total. The van der Waals surface area contributed by atoms with Gasteiger partial charge < -0.3 is 20.3 Å². The lowest BCUT2D eigenvalue weighted by molar-refractivity contribution is -0.159. The first-order valence-electron chi connectivity index (χ1n) is 5.37. The number of aliphatic carboxylic acids is 2. The molecule has 0 amide bonds. The molecule has 0 radical (unpaired) electrons. The summed E-state index contributed by atoms with van der Waals surface area (Å²) in [5.41, 5.74) is 1.08. The number of carboxylic acid groups (broad SMARTS) is 2. The Morgan fingerprint density at radius 3 is 2.16 bits per heavy atom. The van der Waals surface area contributed by atoms with E-state index in [2.05, 4.69) is 5.32 Å². The summed E-state index contributed by atoms with van der Waals surface area (Å²) in [6.45, 7) is 2.26. The van der Waals surface area contributed by atoms with Gasteiger partial charge in [-0.3, -0.25) is 0 Å². The van der Waals surface area contributed by atoms with Gasteiger partial charge in [0, 0.05) is 20.2 Å². The summed E-state index contributed by atoms with van der Waals surface area (Å²) in [7, 11) is 1.67. The summed E-state index contributed by atoms with van der Waals surface area (Å²) in [5, 5.41) is 18.0. The van der Waals surface area contributed by atoms with Gasteiger partial charge in [-0.15, -0.1) is 0 Å². The van der Waals surface area contributed by atoms with Crippen LogP contribution in [0.25, 0.3) is 0 Å². The minimum Gasteiger partial charge on any atom is -0.473 e. The molecule has 0 bridgehead atoms. The van der Waals surface area contributed by atoms with E-state index in [9.17, 15) is 4.39 Å². The van der Waals surface area contributed by atoms with E-state index in [-0.39, 0.29) is 5.82 Å². The van der Waals surface area contributed by atoms with Crippen molar-refractivity contribution in [3.8, 4) is 0 Å². The highest BCUT2D eigenvalue weighted by atomic mass is 19.1. The fourth-order valence-corrected chi connectivity index (χ4v) is 1.01. The molecule has 0 saturated carbocycles. The van der Waals surface area contributed by atoms with Crippen molar-refractivity contribution in [3.63, 3.8) is 0 Å². The van der Waals surface area contributed by atoms with Crippen LogP contribution in [0, 0.1) is 5.82 Å². The van der Waals surface area contributed by atoms with Crippen molar-refractivity contribution in [3.05, 3.63) is 35.6 Å². The summed E-state index contributed by atoms with van der Waals surface area (Å²) in [6, 6.07) is 6.48. The first-order chi connectivity index (χ1) is 8.97. The molecule has 0 aromatic heterocycles. The molecule has 0 aliphatic rings. The minimum atomic E-state index is -1.82. The number of carbonyl (C=O) groups is 2. The third kappa shape index (κ3) is 9.69. The molecule has 0 unspecified atom stereocenters. The fraction of sp³-hybridized carbons (Fsp3) is 0.333. The standard InChI is InChI=1S/C10H14FNO.C2H2O4/c1-13-7-6-12-8-9-2-4-10(11)5-3-9;3-1(4)2(5)6/h2-5,12H,6-8H2,1H3;(H,3,4)(H,5,6). The molecule has 0 heterocycles. The summed E-state index contributed by atoms with van der Waals surface area (Å²) in [4.78, 5) is 18.2. The van der Waals surface area contributed by atoms with Gasteiger partial charge in [-0.1, -0.05) is 12.1 Å². The maximum absolute atomic E-state index is 12.5. The highest BCUT2D eigenvalue weighted by Crippen LogP contribution is 2.01. The van der Waals surface area contributed by atoms with Gasteiger partial charge in [-0.2, -0.15) is 0 Å². The smallest absolute Gasteiger partial charge is 0.414 e. The van der Waals surface area contributed by atoms with Crippen molar-refractivity contribution in [2.45, 2.75) is 6.54 Å². The van der Waals surface area contributed by atoms with E-state index in [0.29, 0.717) is 6.61 Å². The van der Waals surface area contributed by atoms with Crippen molar-refractivity contribution in [2.24, 2.45) is 0 Å². The number of nitrogens with one attached hydrogen (secondary N) is 1. The van der Waals surface area contributed by atoms with Crippen LogP contribution < -0.4 is 5.32 Å². The molecule has 0 saturated heterocycles. The molecule has 0 atom stereocenters. The maximum Gasteiger partial charge on any atom is 0.414 e. The zero-order chi connectivity index (χ0) is 14.7. The highest BCUT2D eigenvalue weighted by Gasteiger charge is 2.04. The zero-order valence-electron chi connectivity index (χ0n) is 10.4. The van der Waals surface area contributed by atoms with Crippen LogP contribution in [0.15, 0.2) is 24.3 Å². The second-order valence-corrected chi connectivity index (χ2v) is 3.41. The first kappa shape index (κ1) is 17.0. The third-order valence-electron chi connectivity index (χ3n) is 1.91. The molecule has 0 aliphatic carbocycles. The Bertz CT molecular complexity index is 382. The normalized spacial score (nSPS) is 9.37. The van der Waals surface area contributed by atoms with Crippen LogP contribution in [-0.2, 0) is 20.9 Å². The number of methoxy groups -OCH3 is 1. The highest BCUT2D eigenvalue weighted by molar-refractivity contribution is 6.27. The zero-order valence-corrected chi connectivity index (χ0v) is 10.4. The SMILES string of the molecule is COCCNCc1ccc(F)cc1.O=C(O)C(=O)O. The van der Waals surface area contributed by atoms with Crippen LogP contribution in [0.2, 0.25) is 0 Å². The van der Waals surface area contributed by atoms with Gasteiger partial charge in [0.25, 0.3) is 0 Å². The molecule has 106 valence electrons. The van der Waals surface area contributed by atoms with Gasteiger partial charge in [-0.05, 0) is 17.7 Å². The monoisotopic (exact) mass is 273 g/mol. The van der Waals surface area contributed by atoms with Gasteiger partial charge in [0.15, 0.2) is 0 Å². The van der Waals surface area contributed by atoms with Crippen LogP contribution in [0.3, 0.4) is 0 Å². The molecular weight excluding hydrogens is 257 g/mol. The average Bonchev–Trinajstić information content (AvgIpc) is 2.37. The Balaban J connectivity index is 0.000000459. The number of carboxylic acids is 2. The Kier molecular flexibility index (Phi) is 8.94. The molecule has 19 heavy (non-hydrogen) atoms. The molecule has 1 aromatic rings. The predicted octanol–water partition coefficient (Wildman–Crippen LogP) is 0.717. The van der Waals surface area contributed by atoms with Crippen LogP contribution in [0.5, 0.6) is 0 Å². The van der Waals surface area contributed by atoms with Gasteiger partial charge in [0.2, 0.25) is 0 Å². The van der Waals surface area contributed by atoms with Crippen molar-refractivity contribution >= 4 is 11.9 Å². The lowest BCUT2D eigenvalue weighted by Gasteiger charge is -2.03. The van der Waals surface area contributed by atoms with Crippen LogP contribution in [0.1, 0.15) is 5.56 Å². The van der Waals surface area contributed by atoms with E-state index in [0.717, 1.165) is 18.7 Å². The second-order valence-electron chi connectivity index (χ2n) is 3.41. The van der Waals surface area contributed by atoms with E-state index in [4.69, 9.17) is 24.5 Å². The number of benzene rings is 1. The third-order valence-corrected chi connectivity index (χ3v) is 1.91. The number of hydrogen-bond donors (Lipinski definition) is 3. The number of hydrogen-bond acceptors (Lipinski definition) is 4. The first-order valence-corrected chi connectivity index (χ1v) is 5.37. The quantitative estimate of drug-likeness (QED) is 0.540. The molecular formula is C12H16FNO5.